The summed E-state index contributed by atoms with van der Waals surface area (Å²) in [5.74, 6) is 0.155. The van der Waals surface area contributed by atoms with Crippen LogP contribution in [0.4, 0.5) is 5.69 Å². The summed E-state index contributed by atoms with van der Waals surface area (Å²) in [5, 5.41) is 12.0. The van der Waals surface area contributed by atoms with E-state index in [4.69, 9.17) is 0 Å². The van der Waals surface area contributed by atoms with Crippen molar-refractivity contribution in [1.29, 1.82) is 0 Å². The minimum absolute atomic E-state index is 0.0475. The average Bonchev–Trinajstić information content (AvgIpc) is 2.13. The molecule has 3 heteroatoms. The van der Waals surface area contributed by atoms with Crippen LogP contribution < -0.4 is 5.32 Å². The number of aromatic hydroxyl groups is 1. The van der Waals surface area contributed by atoms with Crippen LogP contribution in [0.25, 0.3) is 0 Å². The molecular formula is C10H13NO2. The Labute approximate surface area is 77.4 Å². The molecule has 2 N–H and O–H groups in total. The summed E-state index contributed by atoms with van der Waals surface area (Å²) in [5.41, 5.74) is 1.37. The van der Waals surface area contributed by atoms with E-state index in [-0.39, 0.29) is 11.7 Å². The number of carbonyl (C=O) groups excluding carboxylic acids is 1. The molecule has 0 saturated heterocycles. The zero-order chi connectivity index (χ0) is 9.84. The van der Waals surface area contributed by atoms with Crippen LogP contribution in [0, 0.1) is 6.92 Å². The van der Waals surface area contributed by atoms with Crippen molar-refractivity contribution in [3.05, 3.63) is 23.8 Å². The lowest BCUT2D eigenvalue weighted by atomic mass is 10.2. The molecule has 0 aromatic heterocycles. The number of benzene rings is 1. The van der Waals surface area contributed by atoms with E-state index in [1.807, 2.05) is 0 Å². The summed E-state index contributed by atoms with van der Waals surface area (Å²) in [4.78, 5) is 11.1. The van der Waals surface area contributed by atoms with Gasteiger partial charge in [0.25, 0.3) is 0 Å². The van der Waals surface area contributed by atoms with Gasteiger partial charge in [0.05, 0.1) is 0 Å². The number of carbonyl (C=O) groups is 1. The summed E-state index contributed by atoms with van der Waals surface area (Å²) >= 11 is 0. The highest BCUT2D eigenvalue weighted by molar-refractivity contribution is 5.91. The number of phenols is 1. The number of amides is 1. The molecule has 0 saturated carbocycles. The van der Waals surface area contributed by atoms with Gasteiger partial charge in [-0.1, -0.05) is 13.0 Å². The molecule has 3 nitrogen and oxygen atoms in total. The van der Waals surface area contributed by atoms with Gasteiger partial charge >= 0.3 is 0 Å². The van der Waals surface area contributed by atoms with Crippen LogP contribution in [-0.4, -0.2) is 11.0 Å². The van der Waals surface area contributed by atoms with Gasteiger partial charge in [-0.2, -0.15) is 0 Å². The fourth-order valence-corrected chi connectivity index (χ4v) is 0.997. The average molecular weight is 179 g/mol. The SMILES string of the molecule is CCC(=O)Nc1cccc(O)c1C. The van der Waals surface area contributed by atoms with E-state index in [0.717, 1.165) is 0 Å². The summed E-state index contributed by atoms with van der Waals surface area (Å²) in [7, 11) is 0. The number of hydrogen-bond acceptors (Lipinski definition) is 2. The van der Waals surface area contributed by atoms with Gasteiger partial charge in [-0.15, -0.1) is 0 Å². The van der Waals surface area contributed by atoms with Crippen LogP contribution in [0.1, 0.15) is 18.9 Å². The van der Waals surface area contributed by atoms with Crippen molar-refractivity contribution in [1.82, 2.24) is 0 Å². The Hall–Kier alpha value is -1.51. The van der Waals surface area contributed by atoms with Gasteiger partial charge in [-0.3, -0.25) is 4.79 Å². The largest absolute Gasteiger partial charge is 0.508 e. The molecule has 0 spiro atoms. The van der Waals surface area contributed by atoms with Crippen LogP contribution in [0.5, 0.6) is 5.75 Å². The second-order valence-corrected chi connectivity index (χ2v) is 2.85. The molecule has 0 aliphatic heterocycles. The van der Waals surface area contributed by atoms with E-state index in [1.54, 1.807) is 32.0 Å². The first-order chi connectivity index (χ1) is 6.15. The third kappa shape index (κ3) is 2.21. The minimum Gasteiger partial charge on any atom is -0.508 e. The minimum atomic E-state index is -0.0475. The number of rotatable bonds is 2. The number of anilines is 1. The zero-order valence-corrected chi connectivity index (χ0v) is 7.79. The third-order valence-electron chi connectivity index (χ3n) is 1.90. The molecule has 1 aromatic rings. The van der Waals surface area contributed by atoms with Gasteiger partial charge in [-0.25, -0.2) is 0 Å². The quantitative estimate of drug-likeness (QED) is 0.730. The Balaban J connectivity index is 2.89. The fraction of sp³-hybridized carbons (Fsp3) is 0.300. The first kappa shape index (κ1) is 9.58. The van der Waals surface area contributed by atoms with Crippen molar-refractivity contribution in [2.45, 2.75) is 20.3 Å². The van der Waals surface area contributed by atoms with E-state index in [9.17, 15) is 9.90 Å². The van der Waals surface area contributed by atoms with E-state index < -0.39 is 0 Å². The van der Waals surface area contributed by atoms with Gasteiger partial charge in [0.2, 0.25) is 5.91 Å². The molecule has 1 amide bonds. The molecule has 0 unspecified atom stereocenters. The number of phenolic OH excluding ortho intramolecular Hbond substituents is 1. The van der Waals surface area contributed by atoms with E-state index in [2.05, 4.69) is 5.32 Å². The van der Waals surface area contributed by atoms with Crippen molar-refractivity contribution in [2.75, 3.05) is 5.32 Å². The summed E-state index contributed by atoms with van der Waals surface area (Å²) < 4.78 is 0. The van der Waals surface area contributed by atoms with Crippen molar-refractivity contribution < 1.29 is 9.90 Å². The summed E-state index contributed by atoms with van der Waals surface area (Å²) in [6, 6.07) is 5.06. The van der Waals surface area contributed by atoms with Gasteiger partial charge in [-0.05, 0) is 19.1 Å². The molecule has 0 bridgehead atoms. The molecule has 1 aromatic carbocycles. The van der Waals surface area contributed by atoms with Crippen molar-refractivity contribution >= 4 is 11.6 Å². The zero-order valence-electron chi connectivity index (χ0n) is 7.79. The van der Waals surface area contributed by atoms with Crippen molar-refractivity contribution in [2.24, 2.45) is 0 Å². The van der Waals surface area contributed by atoms with Crippen molar-refractivity contribution in [3.8, 4) is 5.75 Å². The highest BCUT2D eigenvalue weighted by Gasteiger charge is 2.04. The highest BCUT2D eigenvalue weighted by atomic mass is 16.3. The molecule has 0 atom stereocenters. The third-order valence-corrected chi connectivity index (χ3v) is 1.90. The number of hydrogen-bond donors (Lipinski definition) is 2. The molecular weight excluding hydrogens is 166 g/mol. The molecule has 0 radical (unpaired) electrons. The smallest absolute Gasteiger partial charge is 0.224 e. The van der Waals surface area contributed by atoms with E-state index in [1.165, 1.54) is 0 Å². The Morgan fingerprint density at radius 2 is 2.23 bits per heavy atom. The predicted octanol–water partition coefficient (Wildman–Crippen LogP) is 2.05. The maximum absolute atomic E-state index is 11.1. The number of nitrogens with one attached hydrogen (secondary N) is 1. The van der Waals surface area contributed by atoms with Crippen molar-refractivity contribution in [3.63, 3.8) is 0 Å². The summed E-state index contributed by atoms with van der Waals surface area (Å²) in [6.45, 7) is 3.55. The topological polar surface area (TPSA) is 49.3 Å². The van der Waals surface area contributed by atoms with Gasteiger partial charge in [0.1, 0.15) is 5.75 Å². The molecule has 1 rings (SSSR count). The van der Waals surface area contributed by atoms with E-state index in [0.29, 0.717) is 17.7 Å². The lowest BCUT2D eigenvalue weighted by molar-refractivity contribution is -0.115. The van der Waals surface area contributed by atoms with Crippen LogP contribution in [0.15, 0.2) is 18.2 Å². The molecule has 0 aliphatic rings. The highest BCUT2D eigenvalue weighted by Crippen LogP contribution is 2.23. The van der Waals surface area contributed by atoms with E-state index >= 15 is 0 Å². The fourth-order valence-electron chi connectivity index (χ4n) is 0.997. The first-order valence-electron chi connectivity index (χ1n) is 4.23. The maximum Gasteiger partial charge on any atom is 0.224 e. The van der Waals surface area contributed by atoms with Gasteiger partial charge < -0.3 is 10.4 Å². The molecule has 0 fully saturated rings. The predicted molar refractivity (Wildman–Crippen MR) is 51.8 cm³/mol. The Kier molecular flexibility index (Phi) is 2.90. The normalized spacial score (nSPS) is 9.69. The van der Waals surface area contributed by atoms with Crippen LogP contribution in [0.2, 0.25) is 0 Å². The molecule has 13 heavy (non-hydrogen) atoms. The lowest BCUT2D eigenvalue weighted by Gasteiger charge is -2.07. The molecule has 0 aliphatic carbocycles. The second-order valence-electron chi connectivity index (χ2n) is 2.85. The molecule has 70 valence electrons. The van der Waals surface area contributed by atoms with Crippen LogP contribution in [-0.2, 0) is 4.79 Å². The Morgan fingerprint density at radius 3 is 2.85 bits per heavy atom. The maximum atomic E-state index is 11.1. The second kappa shape index (κ2) is 3.94. The molecule has 0 heterocycles. The lowest BCUT2D eigenvalue weighted by Crippen LogP contribution is -2.10. The van der Waals surface area contributed by atoms with Crippen LogP contribution >= 0.6 is 0 Å². The Morgan fingerprint density at radius 1 is 1.54 bits per heavy atom. The van der Waals surface area contributed by atoms with Gasteiger partial charge in [0, 0.05) is 17.7 Å². The van der Waals surface area contributed by atoms with Crippen LogP contribution in [0.3, 0.4) is 0 Å². The Bertz CT molecular complexity index is 321. The van der Waals surface area contributed by atoms with Gasteiger partial charge in [0.15, 0.2) is 0 Å². The monoisotopic (exact) mass is 179 g/mol. The standard InChI is InChI=1S/C10H13NO2/c1-3-10(13)11-8-5-4-6-9(12)7(8)2/h4-6,12H,3H2,1-2H3,(H,11,13). The summed E-state index contributed by atoms with van der Waals surface area (Å²) in [6.07, 6.45) is 0.440. The first-order valence-corrected chi connectivity index (χ1v) is 4.23.